The van der Waals surface area contributed by atoms with Crippen LogP contribution in [0.15, 0.2) is 59.1 Å². The van der Waals surface area contributed by atoms with Crippen molar-refractivity contribution in [3.05, 3.63) is 64.6 Å². The van der Waals surface area contributed by atoms with Gasteiger partial charge in [-0.25, -0.2) is 4.79 Å². The number of carbonyl (C=O) groups excluding carboxylic acids is 1. The van der Waals surface area contributed by atoms with Crippen molar-refractivity contribution in [3.8, 4) is 5.75 Å². The summed E-state index contributed by atoms with van der Waals surface area (Å²) < 4.78 is 12.4. The van der Waals surface area contributed by atoms with Crippen LogP contribution in [0.3, 0.4) is 0 Å². The zero-order valence-electron chi connectivity index (χ0n) is 13.3. The van der Waals surface area contributed by atoms with Crippen LogP contribution in [0.5, 0.6) is 5.75 Å². The van der Waals surface area contributed by atoms with E-state index < -0.39 is 5.60 Å². The minimum absolute atomic E-state index is 0.0936. The first-order valence-electron chi connectivity index (χ1n) is 8.04. The van der Waals surface area contributed by atoms with E-state index in [1.54, 1.807) is 0 Å². The Kier molecular flexibility index (Phi) is 5.53. The molecule has 0 saturated carbocycles. The number of rotatable bonds is 5. The van der Waals surface area contributed by atoms with Gasteiger partial charge in [0.2, 0.25) is 0 Å². The van der Waals surface area contributed by atoms with Crippen molar-refractivity contribution in [1.82, 2.24) is 5.32 Å². The largest absolute Gasteiger partial charge is 0.482 e. The molecule has 0 unspecified atom stereocenters. The molecule has 0 aliphatic carbocycles. The predicted molar refractivity (Wildman–Crippen MR) is 96.0 cm³/mol. The maximum Gasteiger partial charge on any atom is 0.345 e. The smallest absolute Gasteiger partial charge is 0.345 e. The van der Waals surface area contributed by atoms with E-state index in [1.807, 2.05) is 54.6 Å². The van der Waals surface area contributed by atoms with E-state index in [4.69, 9.17) is 9.47 Å². The van der Waals surface area contributed by atoms with Crippen molar-refractivity contribution in [2.45, 2.75) is 18.4 Å². The fraction of sp³-hybridized carbons (Fsp3) is 0.316. The Balaban J connectivity index is 1.66. The van der Waals surface area contributed by atoms with Gasteiger partial charge in [0, 0.05) is 17.3 Å². The van der Waals surface area contributed by atoms with Crippen molar-refractivity contribution in [2.24, 2.45) is 0 Å². The Morgan fingerprint density at radius 2 is 1.71 bits per heavy atom. The standard InChI is InChI=1S/C19H20BrNO3/c20-16-6-8-17(9-7-16)23-14-18(22)24-19(10-12-21-13-11-19)15-4-2-1-3-5-15/h1-9,21H,10-14H2. The first-order valence-corrected chi connectivity index (χ1v) is 8.84. The number of benzene rings is 2. The second-order valence-corrected chi connectivity index (χ2v) is 6.74. The predicted octanol–water partition coefficient (Wildman–Crippen LogP) is 3.65. The van der Waals surface area contributed by atoms with Gasteiger partial charge in [0.05, 0.1) is 0 Å². The maximum atomic E-state index is 12.4. The van der Waals surface area contributed by atoms with Crippen molar-refractivity contribution in [3.63, 3.8) is 0 Å². The summed E-state index contributed by atoms with van der Waals surface area (Å²) in [6.07, 6.45) is 1.53. The third-order valence-electron chi connectivity index (χ3n) is 4.19. The quantitative estimate of drug-likeness (QED) is 0.792. The molecule has 1 N–H and O–H groups in total. The van der Waals surface area contributed by atoms with Crippen LogP contribution >= 0.6 is 15.9 Å². The van der Waals surface area contributed by atoms with Gasteiger partial charge in [-0.05, 0) is 42.9 Å². The zero-order chi connectivity index (χ0) is 16.8. The monoisotopic (exact) mass is 389 g/mol. The SMILES string of the molecule is O=C(COc1ccc(Br)cc1)OC1(c2ccccc2)CCNCC1. The van der Waals surface area contributed by atoms with Gasteiger partial charge < -0.3 is 14.8 Å². The molecule has 0 amide bonds. The lowest BCUT2D eigenvalue weighted by atomic mass is 9.85. The van der Waals surface area contributed by atoms with Crippen LogP contribution in [0.1, 0.15) is 18.4 Å². The molecule has 4 nitrogen and oxygen atoms in total. The molecule has 3 rings (SSSR count). The minimum Gasteiger partial charge on any atom is -0.482 e. The number of piperidine rings is 1. The van der Waals surface area contributed by atoms with Gasteiger partial charge in [0.1, 0.15) is 11.4 Å². The van der Waals surface area contributed by atoms with Gasteiger partial charge in [0.15, 0.2) is 6.61 Å². The van der Waals surface area contributed by atoms with Crippen molar-refractivity contribution < 1.29 is 14.3 Å². The third kappa shape index (κ3) is 4.16. The molecular weight excluding hydrogens is 370 g/mol. The zero-order valence-corrected chi connectivity index (χ0v) is 14.9. The third-order valence-corrected chi connectivity index (χ3v) is 4.72. The first kappa shape index (κ1) is 17.0. The molecule has 5 heteroatoms. The van der Waals surface area contributed by atoms with Crippen molar-refractivity contribution in [1.29, 1.82) is 0 Å². The fourth-order valence-corrected chi connectivity index (χ4v) is 3.21. The van der Waals surface area contributed by atoms with E-state index in [2.05, 4.69) is 21.2 Å². The second kappa shape index (κ2) is 7.81. The molecule has 1 fully saturated rings. The molecular formula is C19H20BrNO3. The van der Waals surface area contributed by atoms with Crippen LogP contribution in [0.4, 0.5) is 0 Å². The lowest BCUT2D eigenvalue weighted by molar-refractivity contribution is -0.166. The Morgan fingerprint density at radius 1 is 1.04 bits per heavy atom. The Hall–Kier alpha value is -1.85. The molecule has 0 spiro atoms. The molecule has 2 aromatic rings. The van der Waals surface area contributed by atoms with E-state index in [1.165, 1.54) is 0 Å². The Morgan fingerprint density at radius 3 is 2.38 bits per heavy atom. The highest BCUT2D eigenvalue weighted by molar-refractivity contribution is 9.10. The van der Waals surface area contributed by atoms with Crippen molar-refractivity contribution in [2.75, 3.05) is 19.7 Å². The summed E-state index contributed by atoms with van der Waals surface area (Å²) in [4.78, 5) is 12.4. The number of halogens is 1. The summed E-state index contributed by atoms with van der Waals surface area (Å²) >= 11 is 3.37. The molecule has 0 atom stereocenters. The number of carbonyl (C=O) groups is 1. The van der Waals surface area contributed by atoms with Gasteiger partial charge in [0.25, 0.3) is 0 Å². The molecule has 0 radical (unpaired) electrons. The molecule has 1 aliphatic rings. The molecule has 1 heterocycles. The lowest BCUT2D eigenvalue weighted by Crippen LogP contribution is -2.43. The molecule has 2 aromatic carbocycles. The maximum absolute atomic E-state index is 12.4. The van der Waals surface area contributed by atoms with Crippen LogP contribution in [0.25, 0.3) is 0 Å². The minimum atomic E-state index is -0.563. The highest BCUT2D eigenvalue weighted by Crippen LogP contribution is 2.35. The number of nitrogens with one attached hydrogen (secondary N) is 1. The molecule has 24 heavy (non-hydrogen) atoms. The summed E-state index contributed by atoms with van der Waals surface area (Å²) in [5.74, 6) is 0.304. The summed E-state index contributed by atoms with van der Waals surface area (Å²) in [5.41, 5.74) is 0.482. The fourth-order valence-electron chi connectivity index (χ4n) is 2.94. The first-order chi connectivity index (χ1) is 11.7. The van der Waals surface area contributed by atoms with Crippen LogP contribution in [0.2, 0.25) is 0 Å². The van der Waals surface area contributed by atoms with E-state index in [9.17, 15) is 4.79 Å². The molecule has 0 aromatic heterocycles. The van der Waals surface area contributed by atoms with Crippen molar-refractivity contribution >= 4 is 21.9 Å². The van der Waals surface area contributed by atoms with E-state index in [-0.39, 0.29) is 12.6 Å². The van der Waals surface area contributed by atoms with E-state index >= 15 is 0 Å². The summed E-state index contributed by atoms with van der Waals surface area (Å²) in [6, 6.07) is 17.3. The average molecular weight is 390 g/mol. The Labute approximate surface area is 150 Å². The number of ether oxygens (including phenoxy) is 2. The summed E-state index contributed by atoms with van der Waals surface area (Å²) in [7, 11) is 0. The lowest BCUT2D eigenvalue weighted by Gasteiger charge is -2.37. The van der Waals surface area contributed by atoms with Crippen LogP contribution < -0.4 is 10.1 Å². The van der Waals surface area contributed by atoms with Gasteiger partial charge in [-0.3, -0.25) is 0 Å². The van der Waals surface area contributed by atoms with E-state index in [0.29, 0.717) is 5.75 Å². The van der Waals surface area contributed by atoms with Gasteiger partial charge in [-0.1, -0.05) is 46.3 Å². The van der Waals surface area contributed by atoms with Gasteiger partial charge >= 0.3 is 5.97 Å². The molecule has 1 aliphatic heterocycles. The highest BCUT2D eigenvalue weighted by atomic mass is 79.9. The molecule has 126 valence electrons. The van der Waals surface area contributed by atoms with Gasteiger partial charge in [-0.2, -0.15) is 0 Å². The van der Waals surface area contributed by atoms with Crippen LogP contribution in [-0.2, 0) is 15.1 Å². The second-order valence-electron chi connectivity index (χ2n) is 5.83. The average Bonchev–Trinajstić information content (AvgIpc) is 2.63. The van der Waals surface area contributed by atoms with Crippen LogP contribution in [-0.4, -0.2) is 25.7 Å². The normalized spacial score (nSPS) is 16.4. The number of hydrogen-bond acceptors (Lipinski definition) is 4. The van der Waals surface area contributed by atoms with Gasteiger partial charge in [-0.15, -0.1) is 0 Å². The Bertz CT molecular complexity index is 667. The van der Waals surface area contributed by atoms with Crippen LogP contribution in [0, 0.1) is 0 Å². The number of hydrogen-bond donors (Lipinski definition) is 1. The molecule has 0 bridgehead atoms. The summed E-state index contributed by atoms with van der Waals surface area (Å²) in [6.45, 7) is 1.56. The summed E-state index contributed by atoms with van der Waals surface area (Å²) in [5, 5.41) is 3.32. The van der Waals surface area contributed by atoms with E-state index in [0.717, 1.165) is 36.0 Å². The topological polar surface area (TPSA) is 47.6 Å². The molecule has 1 saturated heterocycles. The highest BCUT2D eigenvalue weighted by Gasteiger charge is 2.37. The number of esters is 1.